The van der Waals surface area contributed by atoms with Crippen LogP contribution in [0.2, 0.25) is 0 Å². The molecular formula is C13H22N2O2. The van der Waals surface area contributed by atoms with Gasteiger partial charge in [-0.1, -0.05) is 19.8 Å². The number of nitrogens with zero attached hydrogens (tertiary/aromatic N) is 2. The molecule has 1 N–H and O–H groups in total. The summed E-state index contributed by atoms with van der Waals surface area (Å²) in [4.78, 5) is 0. The topological polar surface area (TPSA) is 47.3 Å². The van der Waals surface area contributed by atoms with Crippen LogP contribution in [0.3, 0.4) is 0 Å². The van der Waals surface area contributed by atoms with Gasteiger partial charge in [-0.2, -0.15) is 5.10 Å². The van der Waals surface area contributed by atoms with E-state index in [2.05, 4.69) is 12.0 Å². The molecule has 2 rings (SSSR count). The van der Waals surface area contributed by atoms with Crippen LogP contribution in [0, 0.1) is 5.92 Å². The zero-order valence-corrected chi connectivity index (χ0v) is 10.9. The Morgan fingerprint density at radius 3 is 2.94 bits per heavy atom. The van der Waals surface area contributed by atoms with Crippen LogP contribution >= 0.6 is 0 Å². The Balaban J connectivity index is 2.22. The molecule has 0 amide bonds. The van der Waals surface area contributed by atoms with Gasteiger partial charge in [0.25, 0.3) is 0 Å². The number of methoxy groups -OCH3 is 1. The van der Waals surface area contributed by atoms with Crippen LogP contribution in [-0.4, -0.2) is 27.6 Å². The van der Waals surface area contributed by atoms with Gasteiger partial charge in [-0.3, -0.25) is 4.68 Å². The van der Waals surface area contributed by atoms with Crippen LogP contribution in [-0.2, 0) is 11.8 Å². The van der Waals surface area contributed by atoms with Gasteiger partial charge in [-0.05, 0) is 24.8 Å². The molecule has 0 radical (unpaired) electrons. The fourth-order valence-corrected chi connectivity index (χ4v) is 2.94. The van der Waals surface area contributed by atoms with Gasteiger partial charge in [0.05, 0.1) is 11.3 Å². The second-order valence-corrected chi connectivity index (χ2v) is 5.29. The van der Waals surface area contributed by atoms with Crippen molar-refractivity contribution >= 4 is 0 Å². The lowest BCUT2D eigenvalue weighted by molar-refractivity contribution is -0.135. The number of aliphatic hydroxyl groups excluding tert-OH is 1. The van der Waals surface area contributed by atoms with Gasteiger partial charge in [0, 0.05) is 20.4 Å². The number of hydrogen-bond acceptors (Lipinski definition) is 3. The van der Waals surface area contributed by atoms with Crippen LogP contribution < -0.4 is 0 Å². The summed E-state index contributed by atoms with van der Waals surface area (Å²) in [5.74, 6) is 0.599. The normalized spacial score (nSPS) is 31.4. The van der Waals surface area contributed by atoms with E-state index in [0.717, 1.165) is 19.3 Å². The Morgan fingerprint density at radius 2 is 2.41 bits per heavy atom. The third-order valence-corrected chi connectivity index (χ3v) is 3.91. The number of hydrogen-bond donors (Lipinski definition) is 1. The van der Waals surface area contributed by atoms with Gasteiger partial charge >= 0.3 is 0 Å². The lowest BCUT2D eigenvalue weighted by Gasteiger charge is -2.41. The van der Waals surface area contributed by atoms with Gasteiger partial charge in [0.1, 0.15) is 6.10 Å². The van der Waals surface area contributed by atoms with E-state index in [-0.39, 0.29) is 0 Å². The highest BCUT2D eigenvalue weighted by Gasteiger charge is 2.43. The third-order valence-electron chi connectivity index (χ3n) is 3.91. The zero-order valence-electron chi connectivity index (χ0n) is 10.9. The first-order chi connectivity index (χ1) is 8.07. The summed E-state index contributed by atoms with van der Waals surface area (Å²) in [5.41, 5.74) is 0.259. The Labute approximate surface area is 103 Å². The SMILES string of the molecule is COC1(C(O)c2ccn(C)n2)CCCC(C)C1. The highest BCUT2D eigenvalue weighted by molar-refractivity contribution is 5.10. The molecule has 4 heteroatoms. The highest BCUT2D eigenvalue weighted by atomic mass is 16.5. The summed E-state index contributed by atoms with van der Waals surface area (Å²) in [6.07, 6.45) is 5.37. The van der Waals surface area contributed by atoms with E-state index in [9.17, 15) is 5.11 Å². The van der Waals surface area contributed by atoms with Gasteiger partial charge in [-0.25, -0.2) is 0 Å². The molecule has 1 aromatic rings. The molecule has 1 aliphatic rings. The van der Waals surface area contributed by atoms with Crippen LogP contribution in [0.5, 0.6) is 0 Å². The number of aliphatic hydroxyl groups is 1. The van der Waals surface area contributed by atoms with E-state index < -0.39 is 11.7 Å². The van der Waals surface area contributed by atoms with Crippen molar-refractivity contribution in [1.29, 1.82) is 0 Å². The van der Waals surface area contributed by atoms with E-state index in [0.29, 0.717) is 11.6 Å². The minimum atomic E-state index is -0.628. The maximum Gasteiger partial charge on any atom is 0.127 e. The minimum absolute atomic E-state index is 0.452. The van der Waals surface area contributed by atoms with E-state index in [1.165, 1.54) is 6.42 Å². The molecule has 17 heavy (non-hydrogen) atoms. The molecule has 0 bridgehead atoms. The van der Waals surface area contributed by atoms with Crippen LogP contribution in [0.4, 0.5) is 0 Å². The smallest absolute Gasteiger partial charge is 0.127 e. The lowest BCUT2D eigenvalue weighted by Crippen LogP contribution is -2.42. The van der Waals surface area contributed by atoms with Crippen molar-refractivity contribution in [2.75, 3.05) is 7.11 Å². The molecule has 1 saturated carbocycles. The van der Waals surface area contributed by atoms with Crippen molar-refractivity contribution in [3.8, 4) is 0 Å². The average Bonchev–Trinajstić information content (AvgIpc) is 2.74. The highest BCUT2D eigenvalue weighted by Crippen LogP contribution is 2.42. The largest absolute Gasteiger partial charge is 0.384 e. The molecule has 0 saturated heterocycles. The number of aromatic nitrogens is 2. The lowest BCUT2D eigenvalue weighted by atomic mass is 9.75. The van der Waals surface area contributed by atoms with Crippen molar-refractivity contribution in [2.45, 2.75) is 44.3 Å². The predicted octanol–water partition coefficient (Wildman–Crippen LogP) is 2.05. The van der Waals surface area contributed by atoms with Crippen LogP contribution in [0.25, 0.3) is 0 Å². The Hall–Kier alpha value is -0.870. The van der Waals surface area contributed by atoms with E-state index in [4.69, 9.17) is 4.74 Å². The first-order valence-electron chi connectivity index (χ1n) is 6.30. The number of ether oxygens (including phenoxy) is 1. The molecule has 1 fully saturated rings. The molecule has 3 unspecified atom stereocenters. The molecule has 3 atom stereocenters. The molecule has 1 heterocycles. The fourth-order valence-electron chi connectivity index (χ4n) is 2.94. The summed E-state index contributed by atoms with van der Waals surface area (Å²) in [6.45, 7) is 2.22. The Bertz CT molecular complexity index is 377. The monoisotopic (exact) mass is 238 g/mol. The average molecular weight is 238 g/mol. The van der Waals surface area contributed by atoms with Crippen LogP contribution in [0.1, 0.15) is 44.4 Å². The molecule has 0 aliphatic heterocycles. The quantitative estimate of drug-likeness (QED) is 0.876. The molecule has 0 spiro atoms. The summed E-state index contributed by atoms with van der Waals surface area (Å²) < 4.78 is 7.39. The molecule has 4 nitrogen and oxygen atoms in total. The van der Waals surface area contributed by atoms with Gasteiger partial charge in [0.15, 0.2) is 0 Å². The van der Waals surface area contributed by atoms with Gasteiger partial charge < -0.3 is 9.84 Å². The minimum Gasteiger partial charge on any atom is -0.384 e. The molecule has 96 valence electrons. The molecule has 1 aromatic heterocycles. The summed E-state index contributed by atoms with van der Waals surface area (Å²) in [6, 6.07) is 1.87. The van der Waals surface area contributed by atoms with Crippen molar-refractivity contribution < 1.29 is 9.84 Å². The second kappa shape index (κ2) is 4.78. The Kier molecular flexibility index (Phi) is 3.54. The van der Waals surface area contributed by atoms with Crippen molar-refractivity contribution in [2.24, 2.45) is 13.0 Å². The summed E-state index contributed by atoms with van der Waals surface area (Å²) in [5, 5.41) is 14.8. The first kappa shape index (κ1) is 12.6. The first-order valence-corrected chi connectivity index (χ1v) is 6.30. The second-order valence-electron chi connectivity index (χ2n) is 5.29. The maximum atomic E-state index is 10.5. The summed E-state index contributed by atoms with van der Waals surface area (Å²) >= 11 is 0. The van der Waals surface area contributed by atoms with E-state index >= 15 is 0 Å². The maximum absolute atomic E-state index is 10.5. The standard InChI is InChI=1S/C13H22N2O2/c1-10-5-4-7-13(9-10,17-3)12(16)11-6-8-15(2)14-11/h6,8,10,12,16H,4-5,7,9H2,1-3H3. The van der Waals surface area contributed by atoms with Crippen molar-refractivity contribution in [3.05, 3.63) is 18.0 Å². The molecule has 1 aliphatic carbocycles. The van der Waals surface area contributed by atoms with E-state index in [1.54, 1.807) is 11.8 Å². The van der Waals surface area contributed by atoms with Crippen molar-refractivity contribution in [1.82, 2.24) is 9.78 Å². The number of aryl methyl sites for hydroxylation is 1. The van der Waals surface area contributed by atoms with E-state index in [1.807, 2.05) is 19.3 Å². The molecule has 0 aromatic carbocycles. The van der Waals surface area contributed by atoms with Gasteiger partial charge in [-0.15, -0.1) is 0 Å². The van der Waals surface area contributed by atoms with Crippen molar-refractivity contribution in [3.63, 3.8) is 0 Å². The summed E-state index contributed by atoms with van der Waals surface area (Å²) in [7, 11) is 3.56. The third kappa shape index (κ3) is 2.38. The predicted molar refractivity (Wildman–Crippen MR) is 65.5 cm³/mol. The van der Waals surface area contributed by atoms with Gasteiger partial charge in [0.2, 0.25) is 0 Å². The van der Waals surface area contributed by atoms with Crippen LogP contribution in [0.15, 0.2) is 12.3 Å². The Morgan fingerprint density at radius 1 is 1.65 bits per heavy atom. The zero-order chi connectivity index (χ0) is 12.5. The molecular weight excluding hydrogens is 216 g/mol. The number of rotatable bonds is 3. The fraction of sp³-hybridized carbons (Fsp3) is 0.769.